The maximum absolute atomic E-state index is 14.1. The van der Waals surface area contributed by atoms with Crippen LogP contribution in [0.15, 0.2) is 72.4 Å². The second kappa shape index (κ2) is 12.7. The van der Waals surface area contributed by atoms with Gasteiger partial charge in [0.05, 0.1) is 35.6 Å². The first-order valence-electron chi connectivity index (χ1n) is 11.2. The lowest BCUT2D eigenvalue weighted by Gasteiger charge is -2.17. The number of aromatic carboxylic acids is 1. The van der Waals surface area contributed by atoms with Crippen molar-refractivity contribution in [3.8, 4) is 17.6 Å². The first-order valence-corrected chi connectivity index (χ1v) is 11.2. The van der Waals surface area contributed by atoms with Crippen LogP contribution >= 0.6 is 0 Å². The number of nitrogens with zero attached hydrogens (tertiary/aromatic N) is 2. The molecular formula is C28H24FN3O5. The highest BCUT2D eigenvalue weighted by Crippen LogP contribution is 2.34. The van der Waals surface area contributed by atoms with E-state index in [4.69, 9.17) is 19.8 Å². The molecule has 0 unspecified atom stereocenters. The highest BCUT2D eigenvalue weighted by molar-refractivity contribution is 5.95. The number of nitrogens with one attached hydrogen (secondary N) is 1. The fourth-order valence-electron chi connectivity index (χ4n) is 3.39. The molecule has 9 heteroatoms. The number of carbonyl (C=O) groups excluding carboxylic acids is 1. The fourth-order valence-corrected chi connectivity index (χ4v) is 3.39. The molecule has 37 heavy (non-hydrogen) atoms. The van der Waals surface area contributed by atoms with Crippen LogP contribution in [0.1, 0.15) is 49.9 Å². The number of ether oxygens (including phenoxy) is 2. The van der Waals surface area contributed by atoms with Crippen LogP contribution in [0.4, 0.5) is 4.39 Å². The number of benzene rings is 3. The molecule has 0 aromatic heterocycles. The molecule has 0 atom stereocenters. The SMILES string of the molecule is C=CCc1cc(C=NNC(=O)c2ccc(C#N)cc2F)cc(OCC)c1OCc1ccc(C(=O)O)cc1. The quantitative estimate of drug-likeness (QED) is 0.220. The van der Waals surface area contributed by atoms with Crippen molar-refractivity contribution in [1.29, 1.82) is 5.26 Å². The van der Waals surface area contributed by atoms with Crippen LogP contribution in [0.2, 0.25) is 0 Å². The number of halogens is 1. The van der Waals surface area contributed by atoms with E-state index in [-0.39, 0.29) is 23.3 Å². The predicted octanol–water partition coefficient (Wildman–Crippen LogP) is 4.87. The van der Waals surface area contributed by atoms with Gasteiger partial charge in [0, 0.05) is 5.56 Å². The molecular weight excluding hydrogens is 477 g/mol. The van der Waals surface area contributed by atoms with Gasteiger partial charge in [0.25, 0.3) is 5.91 Å². The number of carboxylic acids is 1. The highest BCUT2D eigenvalue weighted by atomic mass is 19.1. The summed E-state index contributed by atoms with van der Waals surface area (Å²) in [5.74, 6) is -1.63. The third kappa shape index (κ3) is 7.02. The van der Waals surface area contributed by atoms with Gasteiger partial charge in [0.15, 0.2) is 11.5 Å². The van der Waals surface area contributed by atoms with Crippen molar-refractivity contribution in [2.24, 2.45) is 5.10 Å². The second-order valence-corrected chi connectivity index (χ2v) is 7.73. The van der Waals surface area contributed by atoms with Crippen molar-refractivity contribution >= 4 is 18.1 Å². The maximum atomic E-state index is 14.1. The Balaban J connectivity index is 1.80. The van der Waals surface area contributed by atoms with E-state index in [1.807, 2.05) is 6.92 Å². The minimum absolute atomic E-state index is 0.107. The van der Waals surface area contributed by atoms with E-state index in [9.17, 15) is 14.0 Å². The van der Waals surface area contributed by atoms with Crippen LogP contribution in [-0.4, -0.2) is 29.8 Å². The van der Waals surface area contributed by atoms with Gasteiger partial charge in [0.2, 0.25) is 0 Å². The second-order valence-electron chi connectivity index (χ2n) is 7.73. The van der Waals surface area contributed by atoms with Gasteiger partial charge in [-0.2, -0.15) is 10.4 Å². The summed E-state index contributed by atoms with van der Waals surface area (Å²) in [7, 11) is 0. The summed E-state index contributed by atoms with van der Waals surface area (Å²) >= 11 is 0. The zero-order valence-corrected chi connectivity index (χ0v) is 20.0. The normalized spacial score (nSPS) is 10.5. The smallest absolute Gasteiger partial charge is 0.335 e. The van der Waals surface area contributed by atoms with E-state index in [0.29, 0.717) is 30.1 Å². The monoisotopic (exact) mass is 501 g/mol. The summed E-state index contributed by atoms with van der Waals surface area (Å²) in [4.78, 5) is 23.3. The molecule has 2 N–H and O–H groups in total. The lowest BCUT2D eigenvalue weighted by molar-refractivity contribution is 0.0696. The summed E-state index contributed by atoms with van der Waals surface area (Å²) in [6.07, 6.45) is 3.55. The largest absolute Gasteiger partial charge is 0.490 e. The van der Waals surface area contributed by atoms with Crippen LogP contribution in [0, 0.1) is 17.1 Å². The van der Waals surface area contributed by atoms with Crippen LogP contribution in [0.3, 0.4) is 0 Å². The van der Waals surface area contributed by atoms with Gasteiger partial charge in [-0.25, -0.2) is 14.6 Å². The number of amides is 1. The van der Waals surface area contributed by atoms with Gasteiger partial charge in [-0.15, -0.1) is 6.58 Å². The number of nitriles is 1. The molecule has 0 bridgehead atoms. The Kier molecular flexibility index (Phi) is 9.11. The van der Waals surface area contributed by atoms with Crippen molar-refractivity contribution in [3.05, 3.63) is 106 Å². The number of hydrazone groups is 1. The van der Waals surface area contributed by atoms with E-state index >= 15 is 0 Å². The minimum atomic E-state index is -1.00. The van der Waals surface area contributed by atoms with Gasteiger partial charge >= 0.3 is 5.97 Å². The standard InChI is InChI=1S/C28H24FN3O5/c1-3-5-22-12-20(16-31-32-27(33)23-11-8-19(15-30)13-24(23)29)14-25(36-4-2)26(22)37-17-18-6-9-21(10-7-18)28(34)35/h3,6-14,16H,1,4-5,17H2,2H3,(H,32,33)(H,34,35). The van der Waals surface area contributed by atoms with Crippen molar-refractivity contribution in [3.63, 3.8) is 0 Å². The average molecular weight is 502 g/mol. The Morgan fingerprint density at radius 2 is 1.92 bits per heavy atom. The number of rotatable bonds is 11. The van der Waals surface area contributed by atoms with Crippen LogP contribution in [-0.2, 0) is 13.0 Å². The van der Waals surface area contributed by atoms with E-state index in [0.717, 1.165) is 17.2 Å². The Morgan fingerprint density at radius 3 is 2.54 bits per heavy atom. The maximum Gasteiger partial charge on any atom is 0.335 e. The van der Waals surface area contributed by atoms with Crippen molar-refractivity contribution < 1.29 is 28.6 Å². The van der Waals surface area contributed by atoms with Crippen molar-refractivity contribution in [2.45, 2.75) is 20.0 Å². The zero-order chi connectivity index (χ0) is 26.8. The molecule has 3 aromatic rings. The van der Waals surface area contributed by atoms with E-state index in [1.54, 1.807) is 36.4 Å². The number of hydrogen-bond donors (Lipinski definition) is 2. The predicted molar refractivity (Wildman–Crippen MR) is 135 cm³/mol. The summed E-state index contributed by atoms with van der Waals surface area (Å²) in [6, 6.07) is 15.2. The van der Waals surface area contributed by atoms with Crippen LogP contribution in [0.25, 0.3) is 0 Å². The third-order valence-corrected chi connectivity index (χ3v) is 5.12. The molecule has 0 heterocycles. The number of hydrogen-bond acceptors (Lipinski definition) is 6. The molecule has 0 saturated heterocycles. The molecule has 0 fully saturated rings. The van der Waals surface area contributed by atoms with Crippen LogP contribution < -0.4 is 14.9 Å². The number of carbonyl (C=O) groups is 2. The summed E-state index contributed by atoms with van der Waals surface area (Å²) in [6.45, 7) is 6.17. The minimum Gasteiger partial charge on any atom is -0.490 e. The molecule has 8 nitrogen and oxygen atoms in total. The van der Waals surface area contributed by atoms with E-state index in [1.165, 1.54) is 30.5 Å². The molecule has 3 rings (SSSR count). The Morgan fingerprint density at radius 1 is 1.16 bits per heavy atom. The first-order chi connectivity index (χ1) is 17.9. The Hall–Kier alpha value is -4.97. The lowest BCUT2D eigenvalue weighted by Crippen LogP contribution is -2.19. The molecule has 3 aromatic carbocycles. The fraction of sp³-hybridized carbons (Fsp3) is 0.143. The molecule has 0 radical (unpaired) electrons. The van der Waals surface area contributed by atoms with Crippen molar-refractivity contribution in [1.82, 2.24) is 5.43 Å². The number of carboxylic acid groups (broad SMARTS) is 1. The number of allylic oxidation sites excluding steroid dienone is 1. The van der Waals surface area contributed by atoms with Gasteiger partial charge in [0.1, 0.15) is 12.4 Å². The topological polar surface area (TPSA) is 121 Å². The molecule has 0 aliphatic rings. The summed E-state index contributed by atoms with van der Waals surface area (Å²) in [5, 5.41) is 21.8. The highest BCUT2D eigenvalue weighted by Gasteiger charge is 2.15. The van der Waals surface area contributed by atoms with Gasteiger partial charge < -0.3 is 14.6 Å². The Labute approximate surface area is 213 Å². The van der Waals surface area contributed by atoms with E-state index < -0.39 is 17.7 Å². The van der Waals surface area contributed by atoms with Gasteiger partial charge in [-0.3, -0.25) is 4.79 Å². The summed E-state index contributed by atoms with van der Waals surface area (Å²) in [5.41, 5.74) is 4.46. The molecule has 1 amide bonds. The lowest BCUT2D eigenvalue weighted by atomic mass is 10.1. The average Bonchev–Trinajstić information content (AvgIpc) is 2.88. The zero-order valence-electron chi connectivity index (χ0n) is 20.0. The van der Waals surface area contributed by atoms with Gasteiger partial charge in [-0.1, -0.05) is 18.2 Å². The van der Waals surface area contributed by atoms with Crippen LogP contribution in [0.5, 0.6) is 11.5 Å². The first kappa shape index (κ1) is 26.6. The van der Waals surface area contributed by atoms with Crippen molar-refractivity contribution in [2.75, 3.05) is 6.61 Å². The molecule has 0 aliphatic carbocycles. The molecule has 0 aliphatic heterocycles. The summed E-state index contributed by atoms with van der Waals surface area (Å²) < 4.78 is 25.9. The molecule has 188 valence electrons. The Bertz CT molecular complexity index is 1380. The third-order valence-electron chi connectivity index (χ3n) is 5.12. The van der Waals surface area contributed by atoms with Gasteiger partial charge in [-0.05, 0) is 66.9 Å². The molecule has 0 saturated carbocycles. The molecule has 0 spiro atoms. The van der Waals surface area contributed by atoms with E-state index in [2.05, 4.69) is 17.1 Å².